The lowest BCUT2D eigenvalue weighted by Gasteiger charge is -1.94. The molecule has 0 fully saturated rings. The van der Waals surface area contributed by atoms with E-state index in [4.69, 9.17) is 10.4 Å². The van der Waals surface area contributed by atoms with E-state index in [1.165, 1.54) is 0 Å². The van der Waals surface area contributed by atoms with Crippen molar-refractivity contribution in [2.75, 3.05) is 0 Å². The molecular weight excluding hydrogens is 202 g/mol. The second kappa shape index (κ2) is 6.41. The van der Waals surface area contributed by atoms with Crippen molar-refractivity contribution in [2.24, 2.45) is 0 Å². The quantitative estimate of drug-likeness (QED) is 0.768. The highest BCUT2D eigenvalue weighted by Gasteiger charge is 1.94. The van der Waals surface area contributed by atoms with Gasteiger partial charge in [0.2, 0.25) is 0 Å². The molecule has 0 saturated carbocycles. The molecule has 0 atom stereocenters. The molecule has 0 radical (unpaired) electrons. The largest absolute Gasteiger partial charge is 0.481 e. The van der Waals surface area contributed by atoms with E-state index in [0.29, 0.717) is 12.0 Å². The number of hydrogen-bond donors (Lipinski definition) is 1. The van der Waals surface area contributed by atoms with Gasteiger partial charge in [0.1, 0.15) is 0 Å². The van der Waals surface area contributed by atoms with E-state index in [1.807, 2.05) is 24.3 Å². The number of hydrogen-bond acceptors (Lipinski definition) is 2. The second-order valence-electron chi connectivity index (χ2n) is 3.43. The summed E-state index contributed by atoms with van der Waals surface area (Å²) in [5.41, 5.74) is 1.60. The molecule has 3 nitrogen and oxygen atoms in total. The minimum absolute atomic E-state index is 0.197. The van der Waals surface area contributed by atoms with Gasteiger partial charge in [0.05, 0.1) is 11.6 Å². The van der Waals surface area contributed by atoms with Crippen LogP contribution < -0.4 is 0 Å². The number of rotatable bonds is 5. The lowest BCUT2D eigenvalue weighted by Crippen LogP contribution is -1.92. The fourth-order valence-corrected chi connectivity index (χ4v) is 1.30. The average molecular weight is 215 g/mol. The van der Waals surface area contributed by atoms with Gasteiger partial charge in [-0.2, -0.15) is 5.26 Å². The first kappa shape index (κ1) is 12.0. The highest BCUT2D eigenvalue weighted by atomic mass is 16.4. The maximum atomic E-state index is 10.3. The molecule has 0 aliphatic heterocycles. The van der Waals surface area contributed by atoms with Crippen LogP contribution in [0.3, 0.4) is 0 Å². The Morgan fingerprint density at radius 1 is 1.50 bits per heavy atom. The molecular formula is C13H13NO2. The smallest absolute Gasteiger partial charge is 0.303 e. The zero-order valence-corrected chi connectivity index (χ0v) is 8.89. The zero-order valence-electron chi connectivity index (χ0n) is 8.89. The summed E-state index contributed by atoms with van der Waals surface area (Å²) in [6.45, 7) is 0. The number of carbonyl (C=O) groups is 1. The van der Waals surface area contributed by atoms with Crippen LogP contribution in [0, 0.1) is 11.3 Å². The molecule has 0 aliphatic carbocycles. The Hall–Kier alpha value is -2.08. The minimum Gasteiger partial charge on any atom is -0.481 e. The van der Waals surface area contributed by atoms with E-state index in [2.05, 4.69) is 6.07 Å². The van der Waals surface area contributed by atoms with Crippen molar-refractivity contribution < 1.29 is 9.90 Å². The normalized spacial score (nSPS) is 10.2. The van der Waals surface area contributed by atoms with Gasteiger partial charge in [-0.15, -0.1) is 0 Å². The predicted molar refractivity (Wildman–Crippen MR) is 61.7 cm³/mol. The Morgan fingerprint density at radius 3 is 3.00 bits per heavy atom. The van der Waals surface area contributed by atoms with E-state index >= 15 is 0 Å². The summed E-state index contributed by atoms with van der Waals surface area (Å²) >= 11 is 0. The molecule has 0 amide bonds. The van der Waals surface area contributed by atoms with E-state index in [0.717, 1.165) is 12.0 Å². The molecule has 0 heterocycles. The monoisotopic (exact) mass is 215 g/mol. The topological polar surface area (TPSA) is 61.1 Å². The van der Waals surface area contributed by atoms with E-state index in [9.17, 15) is 4.79 Å². The molecule has 1 aromatic carbocycles. The summed E-state index contributed by atoms with van der Waals surface area (Å²) in [7, 11) is 0. The molecule has 0 unspecified atom stereocenters. The van der Waals surface area contributed by atoms with Gasteiger partial charge in [0, 0.05) is 6.42 Å². The number of nitrogens with zero attached hydrogens (tertiary/aromatic N) is 1. The number of nitriles is 1. The van der Waals surface area contributed by atoms with Crippen molar-refractivity contribution in [3.63, 3.8) is 0 Å². The Bertz CT molecular complexity index is 430. The molecule has 1 aromatic rings. The minimum atomic E-state index is -0.764. The van der Waals surface area contributed by atoms with Gasteiger partial charge >= 0.3 is 5.97 Å². The highest BCUT2D eigenvalue weighted by Crippen LogP contribution is 2.07. The van der Waals surface area contributed by atoms with Crippen molar-refractivity contribution in [3.05, 3.63) is 41.5 Å². The lowest BCUT2D eigenvalue weighted by atomic mass is 10.1. The first-order chi connectivity index (χ1) is 7.72. The molecule has 0 bridgehead atoms. The lowest BCUT2D eigenvalue weighted by molar-refractivity contribution is -0.137. The van der Waals surface area contributed by atoms with E-state index in [1.54, 1.807) is 12.1 Å². The fraction of sp³-hybridized carbons (Fsp3) is 0.231. The molecule has 16 heavy (non-hydrogen) atoms. The molecule has 1 rings (SSSR count). The number of carboxylic acids is 1. The van der Waals surface area contributed by atoms with Crippen LogP contribution in [0.15, 0.2) is 30.3 Å². The number of unbranched alkanes of at least 4 members (excludes halogenated alkanes) is 1. The summed E-state index contributed by atoms with van der Waals surface area (Å²) in [4.78, 5) is 10.3. The van der Waals surface area contributed by atoms with Crippen LogP contribution >= 0.6 is 0 Å². The van der Waals surface area contributed by atoms with Crippen molar-refractivity contribution in [2.45, 2.75) is 19.3 Å². The molecule has 3 heteroatoms. The SMILES string of the molecule is N#Cc1cccc(/C=C\CCCC(=O)O)c1. The van der Waals surface area contributed by atoms with Crippen LogP contribution in [0.4, 0.5) is 0 Å². The van der Waals surface area contributed by atoms with Crippen LogP contribution in [0.2, 0.25) is 0 Å². The third kappa shape index (κ3) is 4.43. The third-order valence-corrected chi connectivity index (χ3v) is 2.09. The Kier molecular flexibility index (Phi) is 4.81. The summed E-state index contributed by atoms with van der Waals surface area (Å²) in [5, 5.41) is 17.1. The van der Waals surface area contributed by atoms with E-state index in [-0.39, 0.29) is 6.42 Å². The number of benzene rings is 1. The maximum Gasteiger partial charge on any atom is 0.303 e. The number of allylic oxidation sites excluding steroid dienone is 1. The van der Waals surface area contributed by atoms with Crippen molar-refractivity contribution in [1.82, 2.24) is 0 Å². The van der Waals surface area contributed by atoms with Crippen LogP contribution in [0.25, 0.3) is 6.08 Å². The molecule has 1 N–H and O–H groups in total. The number of aliphatic carboxylic acids is 1. The Labute approximate surface area is 94.6 Å². The van der Waals surface area contributed by atoms with Crippen molar-refractivity contribution >= 4 is 12.0 Å². The molecule has 0 saturated heterocycles. The molecule has 0 spiro atoms. The Balaban J connectivity index is 2.44. The number of carboxylic acid groups (broad SMARTS) is 1. The summed E-state index contributed by atoms with van der Waals surface area (Å²) in [6, 6.07) is 9.36. The first-order valence-electron chi connectivity index (χ1n) is 5.11. The van der Waals surface area contributed by atoms with E-state index < -0.39 is 5.97 Å². The van der Waals surface area contributed by atoms with Gasteiger partial charge in [-0.3, -0.25) is 4.79 Å². The summed E-state index contributed by atoms with van der Waals surface area (Å²) < 4.78 is 0. The van der Waals surface area contributed by atoms with Gasteiger partial charge in [-0.05, 0) is 30.5 Å². The van der Waals surface area contributed by atoms with Gasteiger partial charge in [0.25, 0.3) is 0 Å². The second-order valence-corrected chi connectivity index (χ2v) is 3.43. The van der Waals surface area contributed by atoms with Crippen LogP contribution in [0.5, 0.6) is 0 Å². The maximum absolute atomic E-state index is 10.3. The van der Waals surface area contributed by atoms with Crippen molar-refractivity contribution in [3.8, 4) is 6.07 Å². The standard InChI is InChI=1S/C13H13NO2/c14-10-12-7-4-6-11(9-12)5-2-1-3-8-13(15)16/h2,4-7,9H,1,3,8H2,(H,15,16)/b5-2-. The summed E-state index contributed by atoms with van der Waals surface area (Å²) in [6.07, 6.45) is 5.41. The Morgan fingerprint density at radius 2 is 2.31 bits per heavy atom. The zero-order chi connectivity index (χ0) is 11.8. The van der Waals surface area contributed by atoms with Crippen molar-refractivity contribution in [1.29, 1.82) is 5.26 Å². The van der Waals surface area contributed by atoms with Gasteiger partial charge in [-0.1, -0.05) is 24.3 Å². The molecule has 0 aromatic heterocycles. The van der Waals surface area contributed by atoms with Gasteiger partial charge < -0.3 is 5.11 Å². The van der Waals surface area contributed by atoms with Crippen LogP contribution in [-0.2, 0) is 4.79 Å². The predicted octanol–water partition coefficient (Wildman–Crippen LogP) is 2.83. The fourth-order valence-electron chi connectivity index (χ4n) is 1.30. The molecule has 82 valence electrons. The first-order valence-corrected chi connectivity index (χ1v) is 5.11. The third-order valence-electron chi connectivity index (χ3n) is 2.09. The average Bonchev–Trinajstić information content (AvgIpc) is 2.28. The summed E-state index contributed by atoms with van der Waals surface area (Å²) in [5.74, 6) is -0.764. The van der Waals surface area contributed by atoms with Gasteiger partial charge in [-0.25, -0.2) is 0 Å². The molecule has 0 aliphatic rings. The van der Waals surface area contributed by atoms with Gasteiger partial charge in [0.15, 0.2) is 0 Å². The van der Waals surface area contributed by atoms with Crippen LogP contribution in [0.1, 0.15) is 30.4 Å². The highest BCUT2D eigenvalue weighted by molar-refractivity contribution is 5.66. The van der Waals surface area contributed by atoms with Crippen LogP contribution in [-0.4, -0.2) is 11.1 Å².